The predicted octanol–water partition coefficient (Wildman–Crippen LogP) is 4.73. The maximum Gasteiger partial charge on any atom is 0.0389 e. The molecule has 2 aromatic rings. The van der Waals surface area contributed by atoms with Crippen molar-refractivity contribution in [3.8, 4) is 0 Å². The lowest BCUT2D eigenvalue weighted by atomic mass is 10.3. The minimum Gasteiger partial charge on any atom is -0.305 e. The Morgan fingerprint density at radius 3 is 2.88 bits per heavy atom. The maximum atomic E-state index is 3.55. The normalized spacial score (nSPS) is 12.9. The van der Waals surface area contributed by atoms with Crippen molar-refractivity contribution >= 4 is 38.6 Å². The number of hydrogen-bond donors (Lipinski definition) is 1. The van der Waals surface area contributed by atoms with Gasteiger partial charge in [0.15, 0.2) is 0 Å². The van der Waals surface area contributed by atoms with Crippen LogP contribution in [0.1, 0.15) is 27.6 Å². The van der Waals surface area contributed by atoms with E-state index >= 15 is 0 Å². The van der Waals surface area contributed by atoms with Gasteiger partial charge in [0.05, 0.1) is 0 Å². The minimum absolute atomic E-state index is 0.432. The Hall–Kier alpha value is -0.160. The number of nitrogens with one attached hydrogen (secondary N) is 1. The largest absolute Gasteiger partial charge is 0.305 e. The summed E-state index contributed by atoms with van der Waals surface area (Å²) in [6, 6.07) is 6.91. The predicted molar refractivity (Wildman–Crippen MR) is 76.3 cm³/mol. The molecule has 0 amide bonds. The van der Waals surface area contributed by atoms with Crippen LogP contribution >= 0.6 is 38.6 Å². The first-order chi connectivity index (χ1) is 7.66. The van der Waals surface area contributed by atoms with Crippen LogP contribution in [0.25, 0.3) is 0 Å². The van der Waals surface area contributed by atoms with E-state index in [0.29, 0.717) is 6.04 Å². The van der Waals surface area contributed by atoms with Crippen LogP contribution in [0.3, 0.4) is 0 Å². The summed E-state index contributed by atoms with van der Waals surface area (Å²) >= 11 is 7.20. The number of rotatable bonds is 4. The summed E-state index contributed by atoms with van der Waals surface area (Å²) in [5, 5.41) is 5.67. The summed E-state index contributed by atoms with van der Waals surface area (Å²) in [4.78, 5) is 4.13. The standard InChI is InChI=1S/C12H14BrNS2/c1-8(12-4-3-5-15-12)14-7-10-6-11(13)9(2)16-10/h3-6,8,14H,7H2,1-2H3/t8-/m1/s1. The third-order valence-electron chi connectivity index (χ3n) is 2.46. The zero-order valence-electron chi connectivity index (χ0n) is 9.29. The maximum absolute atomic E-state index is 3.55. The molecule has 0 saturated carbocycles. The van der Waals surface area contributed by atoms with Crippen LogP contribution in [0.2, 0.25) is 0 Å². The monoisotopic (exact) mass is 315 g/mol. The van der Waals surface area contributed by atoms with Crippen molar-refractivity contribution in [2.24, 2.45) is 0 Å². The number of hydrogen-bond acceptors (Lipinski definition) is 3. The van der Waals surface area contributed by atoms with E-state index in [9.17, 15) is 0 Å². The number of aryl methyl sites for hydroxylation is 1. The van der Waals surface area contributed by atoms with E-state index in [1.165, 1.54) is 19.1 Å². The molecule has 1 N–H and O–H groups in total. The summed E-state index contributed by atoms with van der Waals surface area (Å²) in [7, 11) is 0. The lowest BCUT2D eigenvalue weighted by Gasteiger charge is -2.10. The minimum atomic E-state index is 0.432. The first-order valence-electron chi connectivity index (χ1n) is 5.18. The Labute approximate surface area is 113 Å². The Morgan fingerprint density at radius 1 is 1.50 bits per heavy atom. The van der Waals surface area contributed by atoms with Gasteiger partial charge in [-0.15, -0.1) is 22.7 Å². The molecule has 0 aliphatic rings. The average Bonchev–Trinajstić information content (AvgIpc) is 2.86. The van der Waals surface area contributed by atoms with Gasteiger partial charge in [0, 0.05) is 31.7 Å². The first kappa shape index (κ1) is 12.3. The van der Waals surface area contributed by atoms with Gasteiger partial charge >= 0.3 is 0 Å². The van der Waals surface area contributed by atoms with Gasteiger partial charge in [-0.3, -0.25) is 0 Å². The molecule has 0 unspecified atom stereocenters. The average molecular weight is 316 g/mol. The highest BCUT2D eigenvalue weighted by atomic mass is 79.9. The Morgan fingerprint density at radius 2 is 2.31 bits per heavy atom. The summed E-state index contributed by atoms with van der Waals surface area (Å²) in [6.45, 7) is 5.29. The van der Waals surface area contributed by atoms with Gasteiger partial charge in [-0.2, -0.15) is 0 Å². The van der Waals surface area contributed by atoms with E-state index in [1.807, 2.05) is 11.3 Å². The van der Waals surface area contributed by atoms with Crippen molar-refractivity contribution in [3.05, 3.63) is 42.7 Å². The van der Waals surface area contributed by atoms with Gasteiger partial charge in [-0.25, -0.2) is 0 Å². The Balaban J connectivity index is 1.92. The van der Waals surface area contributed by atoms with Gasteiger partial charge in [0.1, 0.15) is 0 Å². The molecule has 4 heteroatoms. The molecule has 0 aliphatic carbocycles. The van der Waals surface area contributed by atoms with Crippen LogP contribution < -0.4 is 5.32 Å². The third-order valence-corrected chi connectivity index (χ3v) is 5.65. The molecule has 0 aromatic carbocycles. The van der Waals surface area contributed by atoms with Crippen molar-refractivity contribution in [1.82, 2.24) is 5.32 Å². The van der Waals surface area contributed by atoms with Crippen molar-refractivity contribution in [3.63, 3.8) is 0 Å². The van der Waals surface area contributed by atoms with Crippen molar-refractivity contribution in [2.75, 3.05) is 0 Å². The molecule has 2 rings (SSSR count). The molecule has 1 nitrogen and oxygen atoms in total. The SMILES string of the molecule is Cc1sc(CN[C@H](C)c2cccs2)cc1Br. The summed E-state index contributed by atoms with van der Waals surface area (Å²) in [5.74, 6) is 0. The molecule has 0 saturated heterocycles. The summed E-state index contributed by atoms with van der Waals surface area (Å²) < 4.78 is 1.22. The van der Waals surface area contributed by atoms with Crippen LogP contribution in [0.5, 0.6) is 0 Å². The highest BCUT2D eigenvalue weighted by Gasteiger charge is 2.07. The molecule has 1 atom stereocenters. The van der Waals surface area contributed by atoms with Crippen molar-refractivity contribution in [1.29, 1.82) is 0 Å². The molecule has 2 aromatic heterocycles. The molecular formula is C12H14BrNS2. The molecule has 86 valence electrons. The second-order valence-corrected chi connectivity index (χ2v) is 6.91. The zero-order valence-corrected chi connectivity index (χ0v) is 12.5. The first-order valence-corrected chi connectivity index (χ1v) is 7.67. The molecule has 0 spiro atoms. The van der Waals surface area contributed by atoms with Crippen molar-refractivity contribution in [2.45, 2.75) is 26.4 Å². The summed E-state index contributed by atoms with van der Waals surface area (Å²) in [5.41, 5.74) is 0. The van der Waals surface area contributed by atoms with Crippen LogP contribution in [0.15, 0.2) is 28.1 Å². The number of thiophene rings is 2. The van der Waals surface area contributed by atoms with Crippen LogP contribution in [-0.2, 0) is 6.54 Å². The molecule has 0 fully saturated rings. The lowest BCUT2D eigenvalue weighted by molar-refractivity contribution is 0.587. The van der Waals surface area contributed by atoms with E-state index in [1.54, 1.807) is 11.3 Å². The quantitative estimate of drug-likeness (QED) is 0.860. The van der Waals surface area contributed by atoms with E-state index < -0.39 is 0 Å². The lowest BCUT2D eigenvalue weighted by Crippen LogP contribution is -2.16. The third kappa shape index (κ3) is 2.94. The van der Waals surface area contributed by atoms with Crippen LogP contribution in [0, 0.1) is 6.92 Å². The fourth-order valence-corrected chi connectivity index (χ4v) is 3.81. The van der Waals surface area contributed by atoms with Gasteiger partial charge in [-0.05, 0) is 47.3 Å². The van der Waals surface area contributed by atoms with Crippen molar-refractivity contribution < 1.29 is 0 Å². The Kier molecular flexibility index (Phi) is 4.19. The second-order valence-electron chi connectivity index (χ2n) is 3.73. The Bertz CT molecular complexity index is 428. The molecule has 2 heterocycles. The highest BCUT2D eigenvalue weighted by molar-refractivity contribution is 9.10. The van der Waals surface area contributed by atoms with E-state index in [2.05, 4.69) is 58.7 Å². The number of halogens is 1. The van der Waals surface area contributed by atoms with Crippen LogP contribution in [-0.4, -0.2) is 0 Å². The molecule has 0 bridgehead atoms. The van der Waals surface area contributed by atoms with E-state index in [0.717, 1.165) is 6.54 Å². The molecule has 0 aliphatic heterocycles. The summed E-state index contributed by atoms with van der Waals surface area (Å²) in [6.07, 6.45) is 0. The molecule has 16 heavy (non-hydrogen) atoms. The van der Waals surface area contributed by atoms with Crippen LogP contribution in [0.4, 0.5) is 0 Å². The van der Waals surface area contributed by atoms with E-state index in [-0.39, 0.29) is 0 Å². The van der Waals surface area contributed by atoms with Gasteiger partial charge in [-0.1, -0.05) is 6.07 Å². The van der Waals surface area contributed by atoms with Gasteiger partial charge < -0.3 is 5.32 Å². The molecular weight excluding hydrogens is 302 g/mol. The topological polar surface area (TPSA) is 12.0 Å². The van der Waals surface area contributed by atoms with E-state index in [4.69, 9.17) is 0 Å². The molecule has 0 radical (unpaired) electrons. The van der Waals surface area contributed by atoms with Gasteiger partial charge in [0.2, 0.25) is 0 Å². The smallest absolute Gasteiger partial charge is 0.0389 e. The van der Waals surface area contributed by atoms with Gasteiger partial charge in [0.25, 0.3) is 0 Å². The fraction of sp³-hybridized carbons (Fsp3) is 0.333. The highest BCUT2D eigenvalue weighted by Crippen LogP contribution is 2.27. The fourth-order valence-electron chi connectivity index (χ4n) is 1.50. The second kappa shape index (κ2) is 5.45. The zero-order chi connectivity index (χ0) is 11.5.